The number of benzene rings is 1. The summed E-state index contributed by atoms with van der Waals surface area (Å²) in [6, 6.07) is 4.01. The van der Waals surface area contributed by atoms with E-state index >= 15 is 0 Å². The number of amides is 1. The van der Waals surface area contributed by atoms with Crippen molar-refractivity contribution in [2.75, 3.05) is 11.9 Å². The molecule has 1 amide bonds. The molecule has 104 valence electrons. The minimum Gasteiger partial charge on any atom is -0.481 e. The Hall–Kier alpha value is -2.11. The average Bonchev–Trinajstić information content (AvgIpc) is 2.34. The predicted octanol–water partition coefficient (Wildman–Crippen LogP) is 1.98. The summed E-state index contributed by atoms with van der Waals surface area (Å²) in [6.07, 6.45) is 2.28. The van der Waals surface area contributed by atoms with Gasteiger partial charge in [0.1, 0.15) is 5.82 Å². The van der Waals surface area contributed by atoms with Crippen molar-refractivity contribution in [3.8, 4) is 0 Å². The summed E-state index contributed by atoms with van der Waals surface area (Å²) < 4.78 is 13.5. The Kier molecular flexibility index (Phi) is 5.78. The molecule has 0 aliphatic rings. The minimum absolute atomic E-state index is 0.129. The number of carbonyl (C=O) groups excluding carboxylic acids is 1. The van der Waals surface area contributed by atoms with E-state index in [9.17, 15) is 14.0 Å². The van der Waals surface area contributed by atoms with Crippen LogP contribution < -0.4 is 11.1 Å². The molecule has 6 heteroatoms. The summed E-state index contributed by atoms with van der Waals surface area (Å²) in [5.41, 5.74) is 5.48. The van der Waals surface area contributed by atoms with Gasteiger partial charge in [0, 0.05) is 18.5 Å². The summed E-state index contributed by atoms with van der Waals surface area (Å²) in [5, 5.41) is 11.3. The van der Waals surface area contributed by atoms with Crippen molar-refractivity contribution >= 4 is 17.6 Å². The summed E-state index contributed by atoms with van der Waals surface area (Å²) >= 11 is 0. The van der Waals surface area contributed by atoms with Crippen molar-refractivity contribution in [1.82, 2.24) is 0 Å². The number of hydrogen-bond donors (Lipinski definition) is 3. The van der Waals surface area contributed by atoms with Crippen LogP contribution in [-0.4, -0.2) is 23.5 Å². The van der Waals surface area contributed by atoms with Gasteiger partial charge in [-0.25, -0.2) is 4.39 Å². The van der Waals surface area contributed by atoms with Crippen molar-refractivity contribution in [3.05, 3.63) is 29.6 Å². The molecule has 0 saturated heterocycles. The van der Waals surface area contributed by atoms with E-state index < -0.39 is 17.7 Å². The van der Waals surface area contributed by atoms with Crippen LogP contribution in [0.15, 0.2) is 18.2 Å². The van der Waals surface area contributed by atoms with Crippen LogP contribution in [0.1, 0.15) is 36.0 Å². The number of rotatable bonds is 8. The van der Waals surface area contributed by atoms with Crippen LogP contribution >= 0.6 is 0 Å². The Morgan fingerprint density at radius 3 is 2.58 bits per heavy atom. The lowest BCUT2D eigenvalue weighted by Gasteiger charge is -2.08. The molecule has 0 fully saturated rings. The zero-order valence-corrected chi connectivity index (χ0v) is 10.5. The Morgan fingerprint density at radius 2 is 2.00 bits per heavy atom. The first-order chi connectivity index (χ1) is 9.00. The number of nitrogens with two attached hydrogens (primary N) is 1. The van der Waals surface area contributed by atoms with Crippen LogP contribution in [0, 0.1) is 5.82 Å². The quantitative estimate of drug-likeness (QED) is 0.628. The van der Waals surface area contributed by atoms with Gasteiger partial charge in [0.05, 0.1) is 5.69 Å². The zero-order valence-electron chi connectivity index (χ0n) is 10.5. The number of carboxylic acid groups (broad SMARTS) is 1. The second kappa shape index (κ2) is 7.35. The number of carbonyl (C=O) groups is 2. The van der Waals surface area contributed by atoms with Gasteiger partial charge in [-0.2, -0.15) is 0 Å². The number of halogens is 1. The van der Waals surface area contributed by atoms with Crippen molar-refractivity contribution in [3.63, 3.8) is 0 Å². The van der Waals surface area contributed by atoms with Gasteiger partial charge in [0.2, 0.25) is 5.91 Å². The van der Waals surface area contributed by atoms with Gasteiger partial charge in [0.15, 0.2) is 0 Å². The van der Waals surface area contributed by atoms with Gasteiger partial charge in [0.25, 0.3) is 0 Å². The van der Waals surface area contributed by atoms with Gasteiger partial charge in [-0.05, 0) is 31.0 Å². The van der Waals surface area contributed by atoms with E-state index in [4.69, 9.17) is 10.8 Å². The SMILES string of the molecule is NC(=O)c1ccc(NCCCCCC(=O)O)c(F)c1. The molecule has 0 aliphatic heterocycles. The molecule has 0 aromatic heterocycles. The van der Waals surface area contributed by atoms with E-state index in [1.165, 1.54) is 12.1 Å². The highest BCUT2D eigenvalue weighted by molar-refractivity contribution is 5.93. The number of aliphatic carboxylic acids is 1. The first-order valence-electron chi connectivity index (χ1n) is 6.05. The number of anilines is 1. The van der Waals surface area contributed by atoms with E-state index in [2.05, 4.69) is 5.32 Å². The second-order valence-electron chi connectivity index (χ2n) is 4.19. The third kappa shape index (κ3) is 5.37. The lowest BCUT2D eigenvalue weighted by Crippen LogP contribution is -2.12. The third-order valence-electron chi connectivity index (χ3n) is 2.64. The molecule has 0 spiro atoms. The number of unbranched alkanes of at least 4 members (excludes halogenated alkanes) is 2. The molecule has 4 N–H and O–H groups in total. The van der Waals surface area contributed by atoms with Crippen molar-refractivity contribution < 1.29 is 19.1 Å². The molecular weight excluding hydrogens is 251 g/mol. The fraction of sp³-hybridized carbons (Fsp3) is 0.385. The third-order valence-corrected chi connectivity index (χ3v) is 2.64. The Bertz CT molecular complexity index is 463. The van der Waals surface area contributed by atoms with Gasteiger partial charge < -0.3 is 16.2 Å². The number of primary amides is 1. The molecule has 0 unspecified atom stereocenters. The molecule has 19 heavy (non-hydrogen) atoms. The van der Waals surface area contributed by atoms with Crippen molar-refractivity contribution in [2.24, 2.45) is 5.73 Å². The lowest BCUT2D eigenvalue weighted by atomic mass is 10.1. The maximum atomic E-state index is 13.5. The number of carboxylic acids is 1. The van der Waals surface area contributed by atoms with E-state index in [-0.39, 0.29) is 12.0 Å². The highest BCUT2D eigenvalue weighted by Crippen LogP contribution is 2.15. The first kappa shape index (κ1) is 14.9. The van der Waals surface area contributed by atoms with Gasteiger partial charge in [-0.15, -0.1) is 0 Å². The zero-order chi connectivity index (χ0) is 14.3. The molecule has 1 rings (SSSR count). The molecule has 0 aliphatic carbocycles. The van der Waals surface area contributed by atoms with Crippen LogP contribution in [0.2, 0.25) is 0 Å². The van der Waals surface area contributed by atoms with E-state index in [0.29, 0.717) is 18.7 Å². The highest BCUT2D eigenvalue weighted by Gasteiger charge is 2.06. The fourth-order valence-electron chi connectivity index (χ4n) is 1.61. The summed E-state index contributed by atoms with van der Waals surface area (Å²) in [5.74, 6) is -2.00. The average molecular weight is 268 g/mol. The summed E-state index contributed by atoms with van der Waals surface area (Å²) in [4.78, 5) is 21.1. The van der Waals surface area contributed by atoms with Crippen molar-refractivity contribution in [2.45, 2.75) is 25.7 Å². The topological polar surface area (TPSA) is 92.4 Å². The van der Waals surface area contributed by atoms with Crippen LogP contribution in [0.5, 0.6) is 0 Å². The summed E-state index contributed by atoms with van der Waals surface area (Å²) in [7, 11) is 0. The maximum Gasteiger partial charge on any atom is 0.303 e. The minimum atomic E-state index is -0.805. The predicted molar refractivity (Wildman–Crippen MR) is 69.5 cm³/mol. The summed E-state index contributed by atoms with van der Waals surface area (Å²) in [6.45, 7) is 0.548. The fourth-order valence-corrected chi connectivity index (χ4v) is 1.61. The molecular formula is C13H17FN2O3. The van der Waals surface area contributed by atoms with E-state index in [1.54, 1.807) is 0 Å². The molecule has 0 radical (unpaired) electrons. The largest absolute Gasteiger partial charge is 0.481 e. The van der Waals surface area contributed by atoms with Crippen LogP contribution in [0.4, 0.5) is 10.1 Å². The van der Waals surface area contributed by atoms with Crippen molar-refractivity contribution in [1.29, 1.82) is 0 Å². The molecule has 0 bridgehead atoms. The number of hydrogen-bond acceptors (Lipinski definition) is 3. The smallest absolute Gasteiger partial charge is 0.303 e. The normalized spacial score (nSPS) is 10.2. The lowest BCUT2D eigenvalue weighted by molar-refractivity contribution is -0.137. The van der Waals surface area contributed by atoms with Crippen LogP contribution in [-0.2, 0) is 4.79 Å². The molecule has 1 aromatic carbocycles. The van der Waals surface area contributed by atoms with Gasteiger partial charge in [-0.3, -0.25) is 9.59 Å². The molecule has 0 saturated carbocycles. The Morgan fingerprint density at radius 1 is 1.26 bits per heavy atom. The number of nitrogens with one attached hydrogen (secondary N) is 1. The molecule has 0 atom stereocenters. The Balaban J connectivity index is 2.33. The van der Waals surface area contributed by atoms with Gasteiger partial charge >= 0.3 is 5.97 Å². The van der Waals surface area contributed by atoms with E-state index in [1.807, 2.05) is 0 Å². The maximum absolute atomic E-state index is 13.5. The molecule has 1 aromatic rings. The molecule has 0 heterocycles. The monoisotopic (exact) mass is 268 g/mol. The Labute approximate surface area is 110 Å². The first-order valence-corrected chi connectivity index (χ1v) is 6.05. The highest BCUT2D eigenvalue weighted by atomic mass is 19.1. The van der Waals surface area contributed by atoms with E-state index in [0.717, 1.165) is 18.9 Å². The molecule has 5 nitrogen and oxygen atoms in total. The second-order valence-corrected chi connectivity index (χ2v) is 4.19. The van der Waals surface area contributed by atoms with Crippen LogP contribution in [0.3, 0.4) is 0 Å². The standard InChI is InChI=1S/C13H17FN2O3/c14-10-8-9(13(15)19)5-6-11(10)16-7-3-1-2-4-12(17)18/h5-6,8,16H,1-4,7H2,(H2,15,19)(H,17,18). The van der Waals surface area contributed by atoms with Crippen LogP contribution in [0.25, 0.3) is 0 Å². The van der Waals surface area contributed by atoms with Gasteiger partial charge in [-0.1, -0.05) is 6.42 Å².